The monoisotopic (exact) mass is 149 g/mol. The van der Waals surface area contributed by atoms with Gasteiger partial charge in [-0.3, -0.25) is 0 Å². The number of aliphatic hydroxyl groups is 1. The predicted molar refractivity (Wildman–Crippen MR) is 42.9 cm³/mol. The zero-order valence-corrected chi connectivity index (χ0v) is 6.20. The molecule has 2 unspecified atom stereocenters. The van der Waals surface area contributed by atoms with Gasteiger partial charge in [0.05, 0.1) is 6.10 Å². The Morgan fingerprint density at radius 3 is 2.55 bits per heavy atom. The number of hydrogen-bond acceptors (Lipinski definition) is 2. The molecule has 0 aliphatic heterocycles. The van der Waals surface area contributed by atoms with Crippen molar-refractivity contribution in [1.29, 1.82) is 0 Å². The summed E-state index contributed by atoms with van der Waals surface area (Å²) in [5.41, 5.74) is 7.87. The molecular weight excluding hydrogens is 138 g/mol. The van der Waals surface area contributed by atoms with E-state index in [0.29, 0.717) is 6.42 Å². The maximum absolute atomic E-state index is 9.47. The standard InChI is InChI=1S/C9H11NO/c10-8-5-9(11)7-4-2-1-3-6(7)8/h1-4,8-9,11H,5,10H2. The fourth-order valence-electron chi connectivity index (χ4n) is 1.65. The predicted octanol–water partition coefficient (Wildman–Crippen LogP) is 1.12. The Bertz CT molecular complexity index is 245. The van der Waals surface area contributed by atoms with Crippen molar-refractivity contribution in [2.45, 2.75) is 18.6 Å². The Labute approximate surface area is 65.7 Å². The van der Waals surface area contributed by atoms with Crippen molar-refractivity contribution in [3.63, 3.8) is 0 Å². The molecule has 0 amide bonds. The highest BCUT2D eigenvalue weighted by Crippen LogP contribution is 2.36. The number of nitrogens with two attached hydrogens (primary N) is 1. The average Bonchev–Trinajstić information content (AvgIpc) is 2.30. The first-order valence-electron chi connectivity index (χ1n) is 3.81. The van der Waals surface area contributed by atoms with Gasteiger partial charge in [-0.2, -0.15) is 0 Å². The fourth-order valence-corrected chi connectivity index (χ4v) is 1.65. The second kappa shape index (κ2) is 2.32. The Hall–Kier alpha value is -0.860. The lowest BCUT2D eigenvalue weighted by molar-refractivity contribution is 0.173. The van der Waals surface area contributed by atoms with Crippen LogP contribution in [0.25, 0.3) is 0 Å². The highest BCUT2D eigenvalue weighted by atomic mass is 16.3. The number of aliphatic hydroxyl groups excluding tert-OH is 1. The summed E-state index contributed by atoms with van der Waals surface area (Å²) in [5, 5.41) is 9.47. The molecule has 2 rings (SSSR count). The second-order valence-electron chi connectivity index (χ2n) is 2.99. The van der Waals surface area contributed by atoms with E-state index >= 15 is 0 Å². The molecule has 0 saturated heterocycles. The number of fused-ring (bicyclic) bond motifs is 1. The summed E-state index contributed by atoms with van der Waals surface area (Å²) in [6.45, 7) is 0. The molecule has 0 bridgehead atoms. The summed E-state index contributed by atoms with van der Waals surface area (Å²) in [6, 6.07) is 7.83. The van der Waals surface area contributed by atoms with Gasteiger partial charge in [-0.1, -0.05) is 24.3 Å². The zero-order valence-electron chi connectivity index (χ0n) is 6.20. The molecule has 11 heavy (non-hydrogen) atoms. The molecule has 0 radical (unpaired) electrons. The molecule has 0 fully saturated rings. The van der Waals surface area contributed by atoms with Gasteiger partial charge in [-0.05, 0) is 17.5 Å². The van der Waals surface area contributed by atoms with Gasteiger partial charge in [-0.25, -0.2) is 0 Å². The third-order valence-electron chi connectivity index (χ3n) is 2.23. The van der Waals surface area contributed by atoms with Crippen LogP contribution in [0.1, 0.15) is 29.7 Å². The van der Waals surface area contributed by atoms with Crippen LogP contribution in [0, 0.1) is 0 Å². The van der Waals surface area contributed by atoms with Crippen LogP contribution in [0.5, 0.6) is 0 Å². The van der Waals surface area contributed by atoms with Gasteiger partial charge in [0.15, 0.2) is 0 Å². The van der Waals surface area contributed by atoms with Gasteiger partial charge in [-0.15, -0.1) is 0 Å². The summed E-state index contributed by atoms with van der Waals surface area (Å²) in [7, 11) is 0. The summed E-state index contributed by atoms with van der Waals surface area (Å²) in [4.78, 5) is 0. The van der Waals surface area contributed by atoms with Gasteiger partial charge in [0.25, 0.3) is 0 Å². The summed E-state index contributed by atoms with van der Waals surface area (Å²) in [5.74, 6) is 0. The number of rotatable bonds is 0. The lowest BCUT2D eigenvalue weighted by Gasteiger charge is -2.01. The molecule has 0 saturated carbocycles. The first-order chi connectivity index (χ1) is 5.29. The van der Waals surface area contributed by atoms with Crippen LogP contribution < -0.4 is 5.73 Å². The van der Waals surface area contributed by atoms with Crippen LogP contribution in [0.3, 0.4) is 0 Å². The first-order valence-corrected chi connectivity index (χ1v) is 3.81. The first kappa shape index (κ1) is 6.83. The lowest BCUT2D eigenvalue weighted by Crippen LogP contribution is -2.05. The van der Waals surface area contributed by atoms with Crippen LogP contribution in [0.2, 0.25) is 0 Å². The smallest absolute Gasteiger partial charge is 0.0811 e. The van der Waals surface area contributed by atoms with Crippen LogP contribution in [0.15, 0.2) is 24.3 Å². The largest absolute Gasteiger partial charge is 0.388 e. The van der Waals surface area contributed by atoms with Gasteiger partial charge in [0, 0.05) is 6.04 Å². The molecule has 1 aromatic carbocycles. The maximum Gasteiger partial charge on any atom is 0.0811 e. The molecule has 0 spiro atoms. The molecule has 1 aromatic rings. The van der Waals surface area contributed by atoms with Crippen molar-refractivity contribution in [1.82, 2.24) is 0 Å². The highest BCUT2D eigenvalue weighted by molar-refractivity contribution is 5.35. The molecule has 3 N–H and O–H groups in total. The van der Waals surface area contributed by atoms with Crippen LogP contribution >= 0.6 is 0 Å². The highest BCUT2D eigenvalue weighted by Gasteiger charge is 2.25. The molecule has 0 aromatic heterocycles. The van der Waals surface area contributed by atoms with E-state index in [0.717, 1.165) is 11.1 Å². The summed E-state index contributed by atoms with van der Waals surface area (Å²) >= 11 is 0. The van der Waals surface area contributed by atoms with E-state index in [9.17, 15) is 5.11 Å². The van der Waals surface area contributed by atoms with E-state index in [1.54, 1.807) is 0 Å². The molecule has 58 valence electrons. The van der Waals surface area contributed by atoms with Crippen molar-refractivity contribution in [3.8, 4) is 0 Å². The van der Waals surface area contributed by atoms with E-state index < -0.39 is 0 Å². The van der Waals surface area contributed by atoms with Gasteiger partial charge < -0.3 is 10.8 Å². The summed E-state index contributed by atoms with van der Waals surface area (Å²) < 4.78 is 0. The minimum atomic E-state index is -0.346. The topological polar surface area (TPSA) is 46.2 Å². The van der Waals surface area contributed by atoms with Crippen molar-refractivity contribution in [2.75, 3.05) is 0 Å². The molecule has 2 atom stereocenters. The molecular formula is C9H11NO. The van der Waals surface area contributed by atoms with Gasteiger partial charge >= 0.3 is 0 Å². The third kappa shape index (κ3) is 0.951. The number of benzene rings is 1. The van der Waals surface area contributed by atoms with Crippen LogP contribution in [0.4, 0.5) is 0 Å². The van der Waals surface area contributed by atoms with Crippen molar-refractivity contribution in [2.24, 2.45) is 5.73 Å². The zero-order chi connectivity index (χ0) is 7.84. The normalized spacial score (nSPS) is 28.5. The lowest BCUT2D eigenvalue weighted by atomic mass is 10.1. The molecule has 2 nitrogen and oxygen atoms in total. The van der Waals surface area contributed by atoms with Crippen LogP contribution in [-0.4, -0.2) is 5.11 Å². The van der Waals surface area contributed by atoms with E-state index in [-0.39, 0.29) is 12.1 Å². The minimum absolute atomic E-state index is 0.0289. The molecule has 1 aliphatic rings. The quantitative estimate of drug-likeness (QED) is 0.580. The second-order valence-corrected chi connectivity index (χ2v) is 2.99. The SMILES string of the molecule is NC1CC(O)c2ccccc21. The average molecular weight is 149 g/mol. The molecule has 2 heteroatoms. The van der Waals surface area contributed by atoms with E-state index in [4.69, 9.17) is 5.73 Å². The Kier molecular flexibility index (Phi) is 1.44. The maximum atomic E-state index is 9.47. The van der Waals surface area contributed by atoms with Crippen LogP contribution in [-0.2, 0) is 0 Å². The van der Waals surface area contributed by atoms with Gasteiger partial charge in [0.1, 0.15) is 0 Å². The van der Waals surface area contributed by atoms with E-state index in [1.165, 1.54) is 0 Å². The third-order valence-corrected chi connectivity index (χ3v) is 2.23. The van der Waals surface area contributed by atoms with Crippen molar-refractivity contribution >= 4 is 0 Å². The summed E-state index contributed by atoms with van der Waals surface area (Å²) in [6.07, 6.45) is 0.320. The Balaban J connectivity index is 2.52. The van der Waals surface area contributed by atoms with Crippen molar-refractivity contribution in [3.05, 3.63) is 35.4 Å². The molecule has 0 heterocycles. The Morgan fingerprint density at radius 1 is 1.27 bits per heavy atom. The Morgan fingerprint density at radius 2 is 1.91 bits per heavy atom. The van der Waals surface area contributed by atoms with Gasteiger partial charge in [0.2, 0.25) is 0 Å². The molecule has 1 aliphatic carbocycles. The minimum Gasteiger partial charge on any atom is -0.388 e. The van der Waals surface area contributed by atoms with Crippen molar-refractivity contribution < 1.29 is 5.11 Å². The van der Waals surface area contributed by atoms with E-state index in [2.05, 4.69) is 0 Å². The number of hydrogen-bond donors (Lipinski definition) is 2. The fraction of sp³-hybridized carbons (Fsp3) is 0.333. The van der Waals surface area contributed by atoms with E-state index in [1.807, 2.05) is 24.3 Å².